The standard InChI is InChI=1S/C55H54N6.CH4/c1-40-34-42(26-32-58(40)28-13-14-29-60-38-50(46-18-7-11-22-54(46)60)48-36-56(3)52-20-9-5-16-44(48)52)24-25-43-27-33-59(41(2)35-43)30-15-31-61-39-51(47-19-8-12-23-55(47)61)49-37-57(4)53-21-10-6-17-45(49)53;/h5-12,16-27,32-39H,13-15,28-31H2,1-4H3;1H4/q+2;/b25-24+;. The molecule has 0 saturated heterocycles. The van der Waals surface area contributed by atoms with Gasteiger partial charge in [0.1, 0.15) is 13.1 Å². The molecule has 62 heavy (non-hydrogen) atoms. The summed E-state index contributed by atoms with van der Waals surface area (Å²) in [5, 5.41) is 5.24. The van der Waals surface area contributed by atoms with Gasteiger partial charge in [0.25, 0.3) is 0 Å². The summed E-state index contributed by atoms with van der Waals surface area (Å²) in [7, 11) is 4.28. The molecule has 0 saturated carbocycles. The van der Waals surface area contributed by atoms with E-state index in [0.29, 0.717) is 0 Å². The molecular weight excluding hydrogens is 757 g/mol. The number of benzene rings is 4. The highest BCUT2D eigenvalue weighted by Crippen LogP contribution is 2.38. The highest BCUT2D eigenvalue weighted by Gasteiger charge is 2.17. The summed E-state index contributed by atoms with van der Waals surface area (Å²) in [5.74, 6) is 0. The van der Waals surface area contributed by atoms with E-state index in [1.54, 1.807) is 0 Å². The maximum atomic E-state index is 2.46. The lowest BCUT2D eigenvalue weighted by Crippen LogP contribution is -2.37. The van der Waals surface area contributed by atoms with Gasteiger partial charge in [-0.25, -0.2) is 9.13 Å². The molecule has 0 atom stereocenters. The summed E-state index contributed by atoms with van der Waals surface area (Å²) in [6.07, 6.45) is 21.6. The lowest BCUT2D eigenvalue weighted by molar-refractivity contribution is -0.703. The predicted molar refractivity (Wildman–Crippen MR) is 260 cm³/mol. The molecule has 0 aliphatic rings. The molecule has 0 aliphatic carbocycles. The van der Waals surface area contributed by atoms with Gasteiger partial charge >= 0.3 is 0 Å². The van der Waals surface area contributed by atoms with Crippen molar-refractivity contribution in [2.45, 2.75) is 66.7 Å². The maximum Gasteiger partial charge on any atom is 0.178 e. The number of unbranched alkanes of at least 4 members (excludes halogenated alkanes) is 1. The van der Waals surface area contributed by atoms with Gasteiger partial charge in [-0.15, -0.1) is 0 Å². The average Bonchev–Trinajstić information content (AvgIpc) is 4.03. The molecule has 6 nitrogen and oxygen atoms in total. The molecule has 6 heteroatoms. The number of aryl methyl sites for hydroxylation is 8. The van der Waals surface area contributed by atoms with Crippen molar-refractivity contribution in [1.29, 1.82) is 0 Å². The zero-order chi connectivity index (χ0) is 41.5. The molecule has 0 spiro atoms. The molecule has 310 valence electrons. The van der Waals surface area contributed by atoms with Crippen LogP contribution in [0.4, 0.5) is 0 Å². The third kappa shape index (κ3) is 7.66. The normalized spacial score (nSPS) is 11.8. The quantitative estimate of drug-likeness (QED) is 0.0819. The van der Waals surface area contributed by atoms with E-state index in [2.05, 4.69) is 226 Å². The van der Waals surface area contributed by atoms with E-state index in [0.717, 1.165) is 45.4 Å². The van der Waals surface area contributed by atoms with E-state index in [9.17, 15) is 0 Å². The number of aromatic nitrogens is 6. The van der Waals surface area contributed by atoms with Gasteiger partial charge in [0.2, 0.25) is 0 Å². The molecule has 0 amide bonds. The second-order valence-corrected chi connectivity index (χ2v) is 16.8. The van der Waals surface area contributed by atoms with Crippen molar-refractivity contribution in [3.8, 4) is 22.3 Å². The van der Waals surface area contributed by atoms with Crippen LogP contribution in [-0.2, 0) is 40.3 Å². The van der Waals surface area contributed by atoms with Crippen LogP contribution in [0.1, 0.15) is 49.2 Å². The molecule has 6 heterocycles. The van der Waals surface area contributed by atoms with Crippen molar-refractivity contribution in [2.24, 2.45) is 14.1 Å². The van der Waals surface area contributed by atoms with E-state index in [1.807, 2.05) is 0 Å². The van der Waals surface area contributed by atoms with Crippen LogP contribution >= 0.6 is 0 Å². The van der Waals surface area contributed by atoms with Crippen LogP contribution in [-0.4, -0.2) is 18.3 Å². The summed E-state index contributed by atoms with van der Waals surface area (Å²) in [4.78, 5) is 0. The highest BCUT2D eigenvalue weighted by atomic mass is 15.0. The molecule has 6 aromatic heterocycles. The summed E-state index contributed by atoms with van der Waals surface area (Å²) in [6, 6.07) is 44.2. The first-order chi connectivity index (χ1) is 29.9. The number of pyridine rings is 2. The van der Waals surface area contributed by atoms with Crippen LogP contribution in [0, 0.1) is 13.8 Å². The first-order valence-electron chi connectivity index (χ1n) is 21.8. The molecule has 0 unspecified atom stereocenters. The first-order valence-corrected chi connectivity index (χ1v) is 21.8. The fourth-order valence-corrected chi connectivity index (χ4v) is 9.61. The number of hydrogen-bond donors (Lipinski definition) is 0. The summed E-state index contributed by atoms with van der Waals surface area (Å²) in [6.45, 7) is 8.39. The van der Waals surface area contributed by atoms with E-state index < -0.39 is 0 Å². The topological polar surface area (TPSA) is 27.5 Å². The van der Waals surface area contributed by atoms with E-state index >= 15 is 0 Å². The minimum Gasteiger partial charge on any atom is -0.350 e. The summed E-state index contributed by atoms with van der Waals surface area (Å²) in [5.41, 5.74) is 15.4. The zero-order valence-electron chi connectivity index (χ0n) is 35.8. The second-order valence-electron chi connectivity index (χ2n) is 16.8. The van der Waals surface area contributed by atoms with Crippen LogP contribution < -0.4 is 9.13 Å². The van der Waals surface area contributed by atoms with Crippen LogP contribution in [0.25, 0.3) is 78.0 Å². The van der Waals surface area contributed by atoms with Gasteiger partial charge in [0, 0.05) is 169 Å². The second kappa shape index (κ2) is 17.2. The van der Waals surface area contributed by atoms with Crippen molar-refractivity contribution in [3.05, 3.63) is 181 Å². The Bertz CT molecular complexity index is 3240. The Morgan fingerprint density at radius 1 is 0.435 bits per heavy atom. The van der Waals surface area contributed by atoms with Gasteiger partial charge in [-0.05, 0) is 41.8 Å². The van der Waals surface area contributed by atoms with E-state index in [4.69, 9.17) is 0 Å². The monoisotopic (exact) mass is 814 g/mol. The minimum atomic E-state index is 0. The molecule has 10 rings (SSSR count). The Morgan fingerprint density at radius 2 is 0.806 bits per heavy atom. The molecular formula is C56H58N6+2. The van der Waals surface area contributed by atoms with Crippen LogP contribution in [0.15, 0.2) is 159 Å². The number of fused-ring (bicyclic) bond motifs is 4. The Labute approximate surface area is 365 Å². The van der Waals surface area contributed by atoms with Gasteiger partial charge < -0.3 is 18.3 Å². The van der Waals surface area contributed by atoms with Gasteiger partial charge in [-0.3, -0.25) is 0 Å². The smallest absolute Gasteiger partial charge is 0.178 e. The Balaban J connectivity index is 0.00000490. The molecule has 10 aromatic rings. The minimum absolute atomic E-state index is 0. The van der Waals surface area contributed by atoms with E-state index in [1.165, 1.54) is 88.4 Å². The third-order valence-electron chi connectivity index (χ3n) is 12.8. The van der Waals surface area contributed by atoms with Gasteiger partial charge in [-0.2, -0.15) is 0 Å². The molecule has 0 N–H and O–H groups in total. The van der Waals surface area contributed by atoms with Crippen molar-refractivity contribution < 1.29 is 9.13 Å². The van der Waals surface area contributed by atoms with Crippen molar-refractivity contribution >= 4 is 55.8 Å². The fraction of sp³-hybridized carbons (Fsp3) is 0.214. The molecule has 0 radical (unpaired) electrons. The molecule has 4 aromatic carbocycles. The Hall–Kier alpha value is -6.92. The maximum absolute atomic E-state index is 2.46. The average molecular weight is 815 g/mol. The number of para-hydroxylation sites is 4. The molecule has 0 aliphatic heterocycles. The summed E-state index contributed by atoms with van der Waals surface area (Å²) >= 11 is 0. The van der Waals surface area contributed by atoms with E-state index in [-0.39, 0.29) is 7.43 Å². The Morgan fingerprint density at radius 3 is 1.26 bits per heavy atom. The fourth-order valence-electron chi connectivity index (χ4n) is 9.61. The number of nitrogens with zero attached hydrogens (tertiary/aromatic N) is 6. The van der Waals surface area contributed by atoms with Crippen molar-refractivity contribution in [2.75, 3.05) is 0 Å². The first kappa shape index (κ1) is 40.5. The van der Waals surface area contributed by atoms with Gasteiger partial charge in [0.15, 0.2) is 23.8 Å². The predicted octanol–water partition coefficient (Wildman–Crippen LogP) is 12.5. The molecule has 0 bridgehead atoms. The SMILES string of the molecule is C.Cc1cc(/C=C/c2cc[n+](CCCn3cc(-c4cn(C)c5ccccc45)c4ccccc43)c(C)c2)cc[n+]1CCCCn1cc(-c2cn(C)c3ccccc23)c2ccccc21. The van der Waals surface area contributed by atoms with Crippen LogP contribution in [0.3, 0.4) is 0 Å². The van der Waals surface area contributed by atoms with Crippen molar-refractivity contribution in [3.63, 3.8) is 0 Å². The largest absolute Gasteiger partial charge is 0.350 e. The lowest BCUT2D eigenvalue weighted by Gasteiger charge is -2.06. The zero-order valence-corrected chi connectivity index (χ0v) is 35.8. The third-order valence-corrected chi connectivity index (χ3v) is 12.8. The lowest BCUT2D eigenvalue weighted by atomic mass is 10.0. The molecule has 0 fully saturated rings. The summed E-state index contributed by atoms with van der Waals surface area (Å²) < 4.78 is 14.2. The van der Waals surface area contributed by atoms with Crippen LogP contribution in [0.5, 0.6) is 0 Å². The van der Waals surface area contributed by atoms with Crippen LogP contribution in [0.2, 0.25) is 0 Å². The van der Waals surface area contributed by atoms with Gasteiger partial charge in [0.05, 0.1) is 0 Å². The van der Waals surface area contributed by atoms with Gasteiger partial charge in [-0.1, -0.05) is 92.4 Å². The van der Waals surface area contributed by atoms with Crippen molar-refractivity contribution in [1.82, 2.24) is 18.3 Å². The number of rotatable bonds is 13. The number of hydrogen-bond acceptors (Lipinski definition) is 0. The Kier molecular flexibility index (Phi) is 11.2. The highest BCUT2D eigenvalue weighted by molar-refractivity contribution is 6.06.